The Morgan fingerprint density at radius 1 is 1.09 bits per heavy atom. The van der Waals surface area contributed by atoms with Gasteiger partial charge in [0.2, 0.25) is 5.91 Å². The highest BCUT2D eigenvalue weighted by molar-refractivity contribution is 5.78. The van der Waals surface area contributed by atoms with E-state index in [0.717, 1.165) is 48.0 Å². The maximum Gasteiger partial charge on any atom is 0.269 e. The van der Waals surface area contributed by atoms with Crippen LogP contribution in [0.4, 0.5) is 11.5 Å². The molecule has 1 aliphatic rings. The van der Waals surface area contributed by atoms with Crippen molar-refractivity contribution in [1.82, 2.24) is 14.9 Å². The first-order chi connectivity index (χ1) is 15.2. The highest BCUT2D eigenvalue weighted by Gasteiger charge is 2.26. The third-order valence-electron chi connectivity index (χ3n) is 6.18. The first-order valence-electron chi connectivity index (χ1n) is 11.4. The predicted molar refractivity (Wildman–Crippen MR) is 125 cm³/mol. The molecule has 1 amide bonds. The number of aryl methyl sites for hydroxylation is 1. The minimum atomic E-state index is -0.386. The molecule has 0 aliphatic carbocycles. The number of non-ortho nitro benzene ring substituents is 1. The highest BCUT2D eigenvalue weighted by Crippen LogP contribution is 2.28. The van der Waals surface area contributed by atoms with Gasteiger partial charge in [-0.3, -0.25) is 14.9 Å². The Morgan fingerprint density at radius 3 is 2.25 bits per heavy atom. The van der Waals surface area contributed by atoms with Crippen LogP contribution in [0.1, 0.15) is 62.7 Å². The summed E-state index contributed by atoms with van der Waals surface area (Å²) in [6.07, 6.45) is 1.56. The second kappa shape index (κ2) is 10.1. The first kappa shape index (κ1) is 23.6. The number of nitro groups is 1. The van der Waals surface area contributed by atoms with Crippen LogP contribution in [0.5, 0.6) is 0 Å². The Kier molecular flexibility index (Phi) is 7.43. The molecule has 2 aromatic rings. The van der Waals surface area contributed by atoms with E-state index in [2.05, 4.69) is 18.7 Å². The molecule has 32 heavy (non-hydrogen) atoms. The molecule has 8 nitrogen and oxygen atoms in total. The summed E-state index contributed by atoms with van der Waals surface area (Å²) in [5, 5.41) is 11.0. The van der Waals surface area contributed by atoms with Crippen molar-refractivity contribution in [1.29, 1.82) is 0 Å². The minimum Gasteiger partial charge on any atom is -0.353 e. The van der Waals surface area contributed by atoms with Crippen LogP contribution in [0.25, 0.3) is 0 Å². The van der Waals surface area contributed by atoms with Crippen LogP contribution in [0, 0.1) is 23.0 Å². The number of benzene rings is 1. The van der Waals surface area contributed by atoms with Gasteiger partial charge in [-0.05, 0) is 18.9 Å². The Morgan fingerprint density at radius 2 is 1.72 bits per heavy atom. The minimum absolute atomic E-state index is 0.00227. The van der Waals surface area contributed by atoms with Crippen LogP contribution >= 0.6 is 0 Å². The van der Waals surface area contributed by atoms with Gasteiger partial charge in [-0.25, -0.2) is 9.97 Å². The SMILES string of the molecule is CC[C@H](C)c1nc(C)c(Cc2ccc([N+](=O)[O-])cc2)c(N2CCN(C(=O)C(C)C)CC2)n1. The van der Waals surface area contributed by atoms with E-state index < -0.39 is 0 Å². The molecule has 1 aromatic carbocycles. The van der Waals surface area contributed by atoms with Crippen molar-refractivity contribution in [3.8, 4) is 0 Å². The largest absolute Gasteiger partial charge is 0.353 e. The third-order valence-corrected chi connectivity index (χ3v) is 6.18. The van der Waals surface area contributed by atoms with Crippen LogP contribution in [-0.2, 0) is 11.2 Å². The fourth-order valence-corrected chi connectivity index (χ4v) is 3.92. The summed E-state index contributed by atoms with van der Waals surface area (Å²) in [6.45, 7) is 12.9. The topological polar surface area (TPSA) is 92.5 Å². The summed E-state index contributed by atoms with van der Waals surface area (Å²) in [7, 11) is 0. The number of hydrogen-bond donors (Lipinski definition) is 0. The number of carbonyl (C=O) groups is 1. The number of hydrogen-bond acceptors (Lipinski definition) is 6. The molecule has 2 heterocycles. The van der Waals surface area contributed by atoms with Gasteiger partial charge in [0.05, 0.1) is 4.92 Å². The molecule has 8 heteroatoms. The van der Waals surface area contributed by atoms with Gasteiger partial charge in [-0.15, -0.1) is 0 Å². The number of anilines is 1. The van der Waals surface area contributed by atoms with Gasteiger partial charge >= 0.3 is 0 Å². The molecule has 0 N–H and O–H groups in total. The third kappa shape index (κ3) is 5.23. The van der Waals surface area contributed by atoms with Gasteiger partial charge in [0.25, 0.3) is 5.69 Å². The summed E-state index contributed by atoms with van der Waals surface area (Å²) < 4.78 is 0. The van der Waals surface area contributed by atoms with Gasteiger partial charge < -0.3 is 9.80 Å². The van der Waals surface area contributed by atoms with Crippen molar-refractivity contribution >= 4 is 17.4 Å². The van der Waals surface area contributed by atoms with E-state index in [1.54, 1.807) is 12.1 Å². The van der Waals surface area contributed by atoms with Crippen molar-refractivity contribution in [2.24, 2.45) is 5.92 Å². The molecule has 1 aliphatic heterocycles. The van der Waals surface area contributed by atoms with Gasteiger partial charge in [-0.2, -0.15) is 0 Å². The molecular formula is C24H33N5O3. The molecule has 1 fully saturated rings. The van der Waals surface area contributed by atoms with Crippen LogP contribution < -0.4 is 4.90 Å². The molecule has 3 rings (SSSR count). The Balaban J connectivity index is 1.91. The molecule has 1 atom stereocenters. The first-order valence-corrected chi connectivity index (χ1v) is 11.4. The number of nitrogens with zero attached hydrogens (tertiary/aromatic N) is 5. The zero-order valence-corrected chi connectivity index (χ0v) is 19.7. The standard InChI is InChI=1S/C24H33N5O3/c1-6-17(4)22-25-18(5)21(15-19-7-9-20(10-8-19)29(31)32)23(26-22)27-11-13-28(14-12-27)24(30)16(2)3/h7-10,16-17H,6,11-15H2,1-5H3/t17-/m0/s1. The number of nitro benzene ring substituents is 1. The lowest BCUT2D eigenvalue weighted by molar-refractivity contribution is -0.384. The smallest absolute Gasteiger partial charge is 0.269 e. The fraction of sp³-hybridized carbons (Fsp3) is 0.542. The van der Waals surface area contributed by atoms with E-state index in [0.29, 0.717) is 19.5 Å². The lowest BCUT2D eigenvalue weighted by atomic mass is 10.0. The molecule has 172 valence electrons. The summed E-state index contributed by atoms with van der Waals surface area (Å²) in [5.41, 5.74) is 3.03. The average molecular weight is 440 g/mol. The van der Waals surface area contributed by atoms with E-state index in [1.807, 2.05) is 25.7 Å². The number of carbonyl (C=O) groups excluding carboxylic acids is 1. The zero-order valence-electron chi connectivity index (χ0n) is 19.7. The number of amides is 1. The molecule has 0 unspecified atom stereocenters. The Labute approximate surface area is 189 Å². The molecule has 0 radical (unpaired) electrons. The van der Waals surface area contributed by atoms with Crippen molar-refractivity contribution in [2.75, 3.05) is 31.1 Å². The normalized spacial score (nSPS) is 15.2. The van der Waals surface area contributed by atoms with Crippen LogP contribution in [0.2, 0.25) is 0 Å². The summed E-state index contributed by atoms with van der Waals surface area (Å²) in [4.78, 5) is 37.0. The van der Waals surface area contributed by atoms with Crippen molar-refractivity contribution < 1.29 is 9.72 Å². The number of rotatable bonds is 7. The monoisotopic (exact) mass is 439 g/mol. The number of aromatic nitrogens is 2. The maximum absolute atomic E-state index is 12.4. The Bertz CT molecular complexity index is 966. The van der Waals surface area contributed by atoms with Crippen molar-refractivity contribution in [3.05, 3.63) is 57.0 Å². The second-order valence-corrected chi connectivity index (χ2v) is 8.85. The average Bonchev–Trinajstić information content (AvgIpc) is 2.79. The summed E-state index contributed by atoms with van der Waals surface area (Å²) in [6, 6.07) is 6.66. The fourth-order valence-electron chi connectivity index (χ4n) is 3.92. The predicted octanol–water partition coefficient (Wildman–Crippen LogP) is 4.10. The van der Waals surface area contributed by atoms with Crippen LogP contribution in [-0.4, -0.2) is 51.9 Å². The van der Waals surface area contributed by atoms with Gasteiger partial charge in [0, 0.05) is 67.8 Å². The second-order valence-electron chi connectivity index (χ2n) is 8.85. The van der Waals surface area contributed by atoms with E-state index in [1.165, 1.54) is 12.1 Å². The lowest BCUT2D eigenvalue weighted by Crippen LogP contribution is -2.50. The maximum atomic E-state index is 12.4. The van der Waals surface area contributed by atoms with Gasteiger partial charge in [0.1, 0.15) is 11.6 Å². The van der Waals surface area contributed by atoms with Gasteiger partial charge in [-0.1, -0.05) is 39.8 Å². The van der Waals surface area contributed by atoms with Crippen LogP contribution in [0.3, 0.4) is 0 Å². The highest BCUT2D eigenvalue weighted by atomic mass is 16.6. The Hall–Kier alpha value is -3.03. The van der Waals surface area contributed by atoms with E-state index >= 15 is 0 Å². The molecule has 1 aromatic heterocycles. The molecular weight excluding hydrogens is 406 g/mol. The van der Waals surface area contributed by atoms with Crippen LogP contribution in [0.15, 0.2) is 24.3 Å². The number of piperazine rings is 1. The molecule has 0 spiro atoms. The van der Waals surface area contributed by atoms with E-state index in [4.69, 9.17) is 9.97 Å². The zero-order chi connectivity index (χ0) is 23.4. The lowest BCUT2D eigenvalue weighted by Gasteiger charge is -2.37. The molecule has 0 bridgehead atoms. The summed E-state index contributed by atoms with van der Waals surface area (Å²) in [5.74, 6) is 2.20. The van der Waals surface area contributed by atoms with E-state index in [-0.39, 0.29) is 28.4 Å². The van der Waals surface area contributed by atoms with Gasteiger partial charge in [0.15, 0.2) is 0 Å². The molecule has 1 saturated heterocycles. The van der Waals surface area contributed by atoms with E-state index in [9.17, 15) is 14.9 Å². The quantitative estimate of drug-likeness (QED) is 0.476. The van der Waals surface area contributed by atoms with Crippen molar-refractivity contribution in [2.45, 2.75) is 53.4 Å². The molecule has 0 saturated carbocycles. The van der Waals surface area contributed by atoms with Crippen molar-refractivity contribution in [3.63, 3.8) is 0 Å². The summed E-state index contributed by atoms with van der Waals surface area (Å²) >= 11 is 0.